The van der Waals surface area contributed by atoms with Gasteiger partial charge in [-0.15, -0.1) is 0 Å². The summed E-state index contributed by atoms with van der Waals surface area (Å²) in [6, 6.07) is 39.5. The zero-order chi connectivity index (χ0) is 25.2. The monoisotopic (exact) mass is 485 g/mol. The zero-order valence-corrected chi connectivity index (χ0v) is 20.9. The maximum Gasteiger partial charge on any atom is 0.0971 e. The van der Waals surface area contributed by atoms with Crippen LogP contribution in [0, 0.1) is 0 Å². The van der Waals surface area contributed by atoms with Crippen molar-refractivity contribution in [1.82, 2.24) is 14.5 Å². The van der Waals surface area contributed by atoms with Gasteiger partial charge in [-0.2, -0.15) is 0 Å². The molecule has 0 saturated carbocycles. The maximum atomic E-state index is 4.70. The average molecular weight is 486 g/mol. The second-order valence-electron chi connectivity index (χ2n) is 9.95. The lowest BCUT2D eigenvalue weighted by Crippen LogP contribution is -1.89. The molecule has 0 unspecified atom stereocenters. The standard InChI is InChI=1S/C35H23N3/c1-38-32-12-5-4-10-27(32)31-21-25(14-16-33(31)38)23-8-6-7-22(19-23)24-13-15-29-30(20-24)26-9-2-3-11-28(26)34-35(29)37-18-17-36-34/h2-21H,1H3. The Kier molecular flexibility index (Phi) is 4.44. The van der Waals surface area contributed by atoms with Crippen LogP contribution < -0.4 is 0 Å². The van der Waals surface area contributed by atoms with E-state index in [2.05, 4.69) is 126 Å². The van der Waals surface area contributed by atoms with Crippen molar-refractivity contribution in [2.24, 2.45) is 7.05 Å². The van der Waals surface area contributed by atoms with Crippen LogP contribution in [-0.4, -0.2) is 14.5 Å². The molecular formula is C35H23N3. The molecule has 0 atom stereocenters. The van der Waals surface area contributed by atoms with Crippen molar-refractivity contribution in [3.63, 3.8) is 0 Å². The number of benzene rings is 6. The summed E-state index contributed by atoms with van der Waals surface area (Å²) >= 11 is 0. The Labute approximate surface area is 219 Å². The van der Waals surface area contributed by atoms with E-state index in [4.69, 9.17) is 4.98 Å². The van der Waals surface area contributed by atoms with Crippen LogP contribution in [0.5, 0.6) is 0 Å². The van der Waals surface area contributed by atoms with E-state index in [9.17, 15) is 0 Å². The van der Waals surface area contributed by atoms with E-state index in [0.29, 0.717) is 0 Å². The van der Waals surface area contributed by atoms with Crippen LogP contribution in [0.25, 0.3) is 76.6 Å². The van der Waals surface area contributed by atoms with Crippen LogP contribution in [0.3, 0.4) is 0 Å². The summed E-state index contributed by atoms with van der Waals surface area (Å²) < 4.78 is 2.28. The highest BCUT2D eigenvalue weighted by molar-refractivity contribution is 6.23. The van der Waals surface area contributed by atoms with Crippen LogP contribution in [0.15, 0.2) is 122 Å². The number of hydrogen-bond donors (Lipinski definition) is 0. The molecule has 0 spiro atoms. The fourth-order valence-corrected chi connectivity index (χ4v) is 6.04. The number of para-hydroxylation sites is 1. The lowest BCUT2D eigenvalue weighted by molar-refractivity contribution is 1.01. The Hall–Kier alpha value is -5.02. The first-order valence-corrected chi connectivity index (χ1v) is 12.9. The molecule has 6 aromatic carbocycles. The Bertz CT molecular complexity index is 2170. The molecule has 8 aromatic rings. The fraction of sp³-hybridized carbons (Fsp3) is 0.0286. The van der Waals surface area contributed by atoms with Crippen molar-refractivity contribution in [2.75, 3.05) is 0 Å². The van der Waals surface area contributed by atoms with Gasteiger partial charge in [0.25, 0.3) is 0 Å². The quantitative estimate of drug-likeness (QED) is 0.229. The van der Waals surface area contributed by atoms with Crippen LogP contribution in [0.4, 0.5) is 0 Å². The molecule has 38 heavy (non-hydrogen) atoms. The van der Waals surface area contributed by atoms with Gasteiger partial charge >= 0.3 is 0 Å². The highest BCUT2D eigenvalue weighted by atomic mass is 14.9. The summed E-state index contributed by atoms with van der Waals surface area (Å²) in [6.45, 7) is 0. The summed E-state index contributed by atoms with van der Waals surface area (Å²) in [5.74, 6) is 0. The van der Waals surface area contributed by atoms with Gasteiger partial charge in [-0.1, -0.05) is 78.9 Å². The summed E-state index contributed by atoms with van der Waals surface area (Å²) in [4.78, 5) is 9.36. The highest BCUT2D eigenvalue weighted by Crippen LogP contribution is 2.37. The molecule has 0 fully saturated rings. The number of nitrogens with zero attached hydrogens (tertiary/aromatic N) is 3. The summed E-state index contributed by atoms with van der Waals surface area (Å²) in [7, 11) is 2.14. The van der Waals surface area contributed by atoms with E-state index < -0.39 is 0 Å². The number of fused-ring (bicyclic) bond motifs is 9. The molecule has 8 rings (SSSR count). The van der Waals surface area contributed by atoms with Gasteiger partial charge in [-0.05, 0) is 63.4 Å². The van der Waals surface area contributed by atoms with Gasteiger partial charge in [0.05, 0.1) is 11.0 Å². The largest absolute Gasteiger partial charge is 0.344 e. The minimum Gasteiger partial charge on any atom is -0.344 e. The molecule has 0 aliphatic carbocycles. The van der Waals surface area contributed by atoms with Gasteiger partial charge in [0.1, 0.15) is 0 Å². The van der Waals surface area contributed by atoms with Crippen molar-refractivity contribution < 1.29 is 0 Å². The van der Waals surface area contributed by atoms with Gasteiger partial charge < -0.3 is 4.57 Å². The number of hydrogen-bond acceptors (Lipinski definition) is 2. The highest BCUT2D eigenvalue weighted by Gasteiger charge is 2.13. The van der Waals surface area contributed by atoms with Crippen LogP contribution in [-0.2, 0) is 7.05 Å². The van der Waals surface area contributed by atoms with E-state index in [1.54, 1.807) is 12.4 Å². The first-order chi connectivity index (χ1) is 18.8. The van der Waals surface area contributed by atoms with Gasteiger partial charge in [0.2, 0.25) is 0 Å². The van der Waals surface area contributed by atoms with Gasteiger partial charge in [-0.3, -0.25) is 9.97 Å². The summed E-state index contributed by atoms with van der Waals surface area (Å²) in [5.41, 5.74) is 9.25. The average Bonchev–Trinajstić information content (AvgIpc) is 3.28. The molecule has 0 aliphatic heterocycles. The summed E-state index contributed by atoms with van der Waals surface area (Å²) in [6.07, 6.45) is 3.55. The molecule has 0 N–H and O–H groups in total. The number of aromatic nitrogens is 3. The molecule has 0 radical (unpaired) electrons. The van der Waals surface area contributed by atoms with Crippen LogP contribution in [0.2, 0.25) is 0 Å². The van der Waals surface area contributed by atoms with Crippen molar-refractivity contribution in [1.29, 1.82) is 0 Å². The molecule has 178 valence electrons. The van der Waals surface area contributed by atoms with E-state index in [-0.39, 0.29) is 0 Å². The third-order valence-electron chi connectivity index (χ3n) is 7.89. The second kappa shape index (κ2) is 7.99. The van der Waals surface area contributed by atoms with Crippen molar-refractivity contribution in [3.8, 4) is 22.3 Å². The first kappa shape index (κ1) is 21.1. The minimum absolute atomic E-state index is 0.949. The zero-order valence-electron chi connectivity index (χ0n) is 20.9. The summed E-state index contributed by atoms with van der Waals surface area (Å²) in [5, 5.41) is 7.25. The predicted octanol–water partition coefficient (Wildman–Crippen LogP) is 8.92. The van der Waals surface area contributed by atoms with E-state index >= 15 is 0 Å². The lowest BCUT2D eigenvalue weighted by atomic mass is 9.94. The van der Waals surface area contributed by atoms with Crippen molar-refractivity contribution in [2.45, 2.75) is 0 Å². The fourth-order valence-electron chi connectivity index (χ4n) is 6.04. The van der Waals surface area contributed by atoms with E-state index in [0.717, 1.165) is 21.8 Å². The molecule has 3 heteroatoms. The number of aryl methyl sites for hydroxylation is 1. The normalized spacial score (nSPS) is 11.8. The first-order valence-electron chi connectivity index (χ1n) is 12.9. The molecule has 0 saturated heterocycles. The molecule has 0 bridgehead atoms. The van der Waals surface area contributed by atoms with Crippen LogP contribution >= 0.6 is 0 Å². The van der Waals surface area contributed by atoms with Crippen LogP contribution in [0.1, 0.15) is 0 Å². The molecule has 0 aliphatic rings. The Morgan fingerprint density at radius 3 is 1.74 bits per heavy atom. The Balaban J connectivity index is 1.31. The molecular weight excluding hydrogens is 462 g/mol. The van der Waals surface area contributed by atoms with E-state index in [1.165, 1.54) is 54.8 Å². The molecule has 2 aromatic heterocycles. The van der Waals surface area contributed by atoms with Crippen molar-refractivity contribution >= 4 is 54.4 Å². The van der Waals surface area contributed by atoms with Gasteiger partial charge in [0, 0.05) is 52.0 Å². The van der Waals surface area contributed by atoms with Gasteiger partial charge in [-0.25, -0.2) is 0 Å². The SMILES string of the molecule is Cn1c2ccccc2c2cc(-c3cccc(-c4ccc5c(c4)c4ccccc4c4nccnc54)c3)ccc21. The lowest BCUT2D eigenvalue weighted by Gasteiger charge is -2.11. The topological polar surface area (TPSA) is 30.7 Å². The Morgan fingerprint density at radius 2 is 0.974 bits per heavy atom. The maximum absolute atomic E-state index is 4.70. The molecule has 0 amide bonds. The smallest absolute Gasteiger partial charge is 0.0971 e. The van der Waals surface area contributed by atoms with Gasteiger partial charge in [0.15, 0.2) is 0 Å². The van der Waals surface area contributed by atoms with E-state index in [1.807, 2.05) is 0 Å². The molecule has 3 nitrogen and oxygen atoms in total. The third kappa shape index (κ3) is 3.02. The minimum atomic E-state index is 0.949. The molecule has 2 heterocycles. The van der Waals surface area contributed by atoms with Crippen molar-refractivity contribution in [3.05, 3.63) is 122 Å². The Morgan fingerprint density at radius 1 is 0.421 bits per heavy atom. The number of rotatable bonds is 2. The predicted molar refractivity (Wildman–Crippen MR) is 159 cm³/mol. The third-order valence-corrected chi connectivity index (χ3v) is 7.89. The second-order valence-corrected chi connectivity index (χ2v) is 9.95.